The first-order chi connectivity index (χ1) is 5.95. The van der Waals surface area contributed by atoms with E-state index < -0.39 is 25.6 Å². The van der Waals surface area contributed by atoms with Crippen LogP contribution in [0.15, 0.2) is 0 Å². The van der Waals surface area contributed by atoms with Gasteiger partial charge < -0.3 is 4.74 Å². The van der Waals surface area contributed by atoms with Crippen molar-refractivity contribution in [3.63, 3.8) is 0 Å². The maximum Gasteiger partial charge on any atom is 0.411 e. The van der Waals surface area contributed by atoms with Crippen LogP contribution in [0, 0.1) is 0 Å². The number of rotatable bonds is 6. The zero-order valence-corrected chi connectivity index (χ0v) is 7.53. The third-order valence-corrected chi connectivity index (χ3v) is 1.44. The lowest BCUT2D eigenvalue weighted by atomic mass is 10.2. The first kappa shape index (κ1) is 12.7. The smallest absolute Gasteiger partial charge is 0.369 e. The summed E-state index contributed by atoms with van der Waals surface area (Å²) < 4.78 is 51.4. The number of hydrogen-bond acceptors (Lipinski definition) is 1. The van der Waals surface area contributed by atoms with Crippen LogP contribution in [0.3, 0.4) is 0 Å². The normalized spacial score (nSPS) is 14.5. The van der Waals surface area contributed by atoms with E-state index in [1.165, 1.54) is 0 Å². The van der Waals surface area contributed by atoms with Crippen LogP contribution in [0.25, 0.3) is 0 Å². The van der Waals surface area contributed by atoms with Gasteiger partial charge in [0.15, 0.2) is 0 Å². The number of ether oxygens (including phenoxy) is 1. The Morgan fingerprint density at radius 3 is 2.38 bits per heavy atom. The molecule has 0 aromatic rings. The quantitative estimate of drug-likeness (QED) is 0.601. The molecule has 0 saturated heterocycles. The van der Waals surface area contributed by atoms with Gasteiger partial charge in [-0.2, -0.15) is 13.2 Å². The van der Waals surface area contributed by atoms with E-state index in [2.05, 4.69) is 4.74 Å². The zero-order chi connectivity index (χ0) is 10.3. The summed E-state index contributed by atoms with van der Waals surface area (Å²) in [6.45, 7) is 0.0718. The second-order valence-corrected chi connectivity index (χ2v) is 2.87. The molecule has 0 aliphatic carbocycles. The molecule has 0 N–H and O–H groups in total. The molecule has 0 heterocycles. The van der Waals surface area contributed by atoms with Crippen LogP contribution in [0.2, 0.25) is 0 Å². The molecule has 0 bridgehead atoms. The molecule has 1 unspecified atom stereocenters. The van der Waals surface area contributed by atoms with Crippen molar-refractivity contribution in [3.05, 3.63) is 0 Å². The summed E-state index contributed by atoms with van der Waals surface area (Å²) in [5.41, 5.74) is 0. The van der Waals surface area contributed by atoms with Crippen molar-refractivity contribution >= 4 is 0 Å². The van der Waals surface area contributed by atoms with E-state index in [4.69, 9.17) is 0 Å². The monoisotopic (exact) mass is 202 g/mol. The van der Waals surface area contributed by atoms with Crippen LogP contribution < -0.4 is 0 Å². The molecule has 80 valence electrons. The van der Waals surface area contributed by atoms with Crippen molar-refractivity contribution in [2.75, 3.05) is 13.2 Å². The molecule has 0 saturated carbocycles. The van der Waals surface area contributed by atoms with Gasteiger partial charge in [0, 0.05) is 0 Å². The van der Waals surface area contributed by atoms with Crippen molar-refractivity contribution in [3.8, 4) is 0 Å². The Balaban J connectivity index is 3.31. The molecular formula is C8H14F4O. The number of alkyl halides is 4. The second kappa shape index (κ2) is 6.18. The predicted molar refractivity (Wildman–Crippen MR) is 41.3 cm³/mol. The Labute approximate surface area is 75.1 Å². The molecule has 0 radical (unpaired) electrons. The fourth-order valence-electron chi connectivity index (χ4n) is 0.811. The molecule has 0 aliphatic heterocycles. The highest BCUT2D eigenvalue weighted by Crippen LogP contribution is 2.15. The van der Waals surface area contributed by atoms with Gasteiger partial charge in [-0.05, 0) is 6.42 Å². The Hall–Kier alpha value is -0.320. The second-order valence-electron chi connectivity index (χ2n) is 2.87. The fraction of sp³-hybridized carbons (Fsp3) is 1.00. The third-order valence-electron chi connectivity index (χ3n) is 1.44. The molecule has 5 heteroatoms. The number of halogens is 4. The van der Waals surface area contributed by atoms with E-state index in [1.54, 1.807) is 0 Å². The summed E-state index contributed by atoms with van der Waals surface area (Å²) >= 11 is 0. The van der Waals surface area contributed by atoms with Gasteiger partial charge in [-0.3, -0.25) is 0 Å². The standard InChI is InChI=1S/C8H14F4O/c1-2-3-4-7(9)5-13-6-8(10,11)12/h7H,2-6H2,1H3. The van der Waals surface area contributed by atoms with Gasteiger partial charge in [-0.15, -0.1) is 0 Å². The summed E-state index contributed by atoms with van der Waals surface area (Å²) in [6, 6.07) is 0. The number of unbranched alkanes of at least 4 members (excludes halogenated alkanes) is 1. The van der Waals surface area contributed by atoms with E-state index in [0.29, 0.717) is 6.42 Å². The Bertz CT molecular complexity index is 124. The minimum atomic E-state index is -4.36. The van der Waals surface area contributed by atoms with E-state index in [0.717, 1.165) is 6.42 Å². The fourth-order valence-corrected chi connectivity index (χ4v) is 0.811. The van der Waals surface area contributed by atoms with Gasteiger partial charge in [-0.1, -0.05) is 19.8 Å². The van der Waals surface area contributed by atoms with Crippen LogP contribution in [-0.2, 0) is 4.74 Å². The highest BCUT2D eigenvalue weighted by molar-refractivity contribution is 4.55. The maximum absolute atomic E-state index is 12.7. The van der Waals surface area contributed by atoms with Gasteiger partial charge in [0.25, 0.3) is 0 Å². The summed E-state index contributed by atoms with van der Waals surface area (Å²) in [7, 11) is 0. The van der Waals surface area contributed by atoms with Crippen LogP contribution in [-0.4, -0.2) is 25.6 Å². The molecule has 0 aromatic carbocycles. The summed E-state index contributed by atoms with van der Waals surface area (Å²) in [5.74, 6) is 0. The first-order valence-electron chi connectivity index (χ1n) is 4.24. The zero-order valence-electron chi connectivity index (χ0n) is 7.53. The van der Waals surface area contributed by atoms with Crippen LogP contribution in [0.1, 0.15) is 26.2 Å². The first-order valence-corrected chi connectivity index (χ1v) is 4.24. The molecule has 1 nitrogen and oxygen atoms in total. The molecule has 0 fully saturated rings. The average Bonchev–Trinajstić information content (AvgIpc) is 1.98. The largest absolute Gasteiger partial charge is 0.411 e. The van der Waals surface area contributed by atoms with Crippen molar-refractivity contribution < 1.29 is 22.3 Å². The molecule has 0 rings (SSSR count). The molecular weight excluding hydrogens is 188 g/mol. The molecule has 0 amide bonds. The lowest BCUT2D eigenvalue weighted by Crippen LogP contribution is -2.20. The SMILES string of the molecule is CCCCC(F)COCC(F)(F)F. The highest BCUT2D eigenvalue weighted by Gasteiger charge is 2.27. The van der Waals surface area contributed by atoms with Gasteiger partial charge in [0.1, 0.15) is 12.8 Å². The summed E-state index contributed by atoms with van der Waals surface area (Å²) in [5, 5.41) is 0. The highest BCUT2D eigenvalue weighted by atomic mass is 19.4. The number of hydrogen-bond donors (Lipinski definition) is 0. The Morgan fingerprint density at radius 2 is 1.92 bits per heavy atom. The Morgan fingerprint density at radius 1 is 1.31 bits per heavy atom. The van der Waals surface area contributed by atoms with Gasteiger partial charge in [-0.25, -0.2) is 4.39 Å². The van der Waals surface area contributed by atoms with Gasteiger partial charge >= 0.3 is 6.18 Å². The van der Waals surface area contributed by atoms with E-state index in [9.17, 15) is 17.6 Å². The maximum atomic E-state index is 12.7. The van der Waals surface area contributed by atoms with Crippen LogP contribution in [0.4, 0.5) is 17.6 Å². The minimum absolute atomic E-state index is 0.272. The molecule has 0 aromatic heterocycles. The van der Waals surface area contributed by atoms with E-state index in [1.807, 2.05) is 6.92 Å². The molecule has 1 atom stereocenters. The minimum Gasteiger partial charge on any atom is -0.369 e. The lowest BCUT2D eigenvalue weighted by molar-refractivity contribution is -0.177. The predicted octanol–water partition coefficient (Wildman–Crippen LogP) is 3.09. The van der Waals surface area contributed by atoms with Gasteiger partial charge in [0.2, 0.25) is 0 Å². The molecule has 0 aliphatic rings. The summed E-state index contributed by atoms with van der Waals surface area (Å²) in [4.78, 5) is 0. The van der Waals surface area contributed by atoms with E-state index in [-0.39, 0.29) is 6.42 Å². The van der Waals surface area contributed by atoms with Crippen LogP contribution >= 0.6 is 0 Å². The van der Waals surface area contributed by atoms with Crippen molar-refractivity contribution in [1.29, 1.82) is 0 Å². The topological polar surface area (TPSA) is 9.23 Å². The van der Waals surface area contributed by atoms with E-state index >= 15 is 0 Å². The van der Waals surface area contributed by atoms with Crippen molar-refractivity contribution in [1.82, 2.24) is 0 Å². The van der Waals surface area contributed by atoms with Gasteiger partial charge in [0.05, 0.1) is 6.61 Å². The molecule has 13 heavy (non-hydrogen) atoms. The Kier molecular flexibility index (Phi) is 6.03. The average molecular weight is 202 g/mol. The molecule has 0 spiro atoms. The third kappa shape index (κ3) is 9.60. The van der Waals surface area contributed by atoms with Crippen molar-refractivity contribution in [2.45, 2.75) is 38.5 Å². The van der Waals surface area contributed by atoms with Crippen molar-refractivity contribution in [2.24, 2.45) is 0 Å². The summed E-state index contributed by atoms with van der Waals surface area (Å²) in [6.07, 6.45) is -3.85. The van der Waals surface area contributed by atoms with Crippen LogP contribution in [0.5, 0.6) is 0 Å². The lowest BCUT2D eigenvalue weighted by Gasteiger charge is -2.10.